The molecule has 0 aliphatic rings. The molecule has 6 heteroatoms. The van der Waals surface area contributed by atoms with Crippen LogP contribution in [0, 0.1) is 0 Å². The number of ketones is 1. The molecule has 1 atom stereocenters. The summed E-state index contributed by atoms with van der Waals surface area (Å²) in [7, 11) is 0. The number of ether oxygens (including phenoxy) is 1. The summed E-state index contributed by atoms with van der Waals surface area (Å²) in [4.78, 5) is 22.0. The zero-order valence-corrected chi connectivity index (χ0v) is 11.2. The maximum absolute atomic E-state index is 11.8. The molecule has 1 aromatic carbocycles. The van der Waals surface area contributed by atoms with Crippen LogP contribution in [0.3, 0.4) is 0 Å². The summed E-state index contributed by atoms with van der Waals surface area (Å²) in [5.74, 6) is -0.502. The molecule has 0 aliphatic carbocycles. The maximum Gasteiger partial charge on any atom is 0.407 e. The number of amides is 1. The fourth-order valence-electron chi connectivity index (χ4n) is 1.38. The van der Waals surface area contributed by atoms with Crippen molar-refractivity contribution < 1.29 is 14.3 Å². The lowest BCUT2D eigenvalue weighted by atomic mass is 10.0. The van der Waals surface area contributed by atoms with Gasteiger partial charge in [-0.2, -0.15) is 0 Å². The van der Waals surface area contributed by atoms with Gasteiger partial charge < -0.3 is 10.1 Å². The van der Waals surface area contributed by atoms with E-state index in [9.17, 15) is 9.59 Å². The van der Waals surface area contributed by atoms with Gasteiger partial charge in [-0.1, -0.05) is 53.5 Å². The summed E-state index contributed by atoms with van der Waals surface area (Å²) >= 11 is 11.1. The molecule has 0 saturated heterocycles. The Morgan fingerprint density at radius 1 is 1.28 bits per heavy atom. The molecular formula is C12H13Cl2NO3. The standard InChI is InChI=1S/C12H13Cl2NO3/c1-2-18-12(17)15-9(10(16)11(13)14)8-6-4-3-5-7-8/h3-7,9,11H,2H2,1H3,(H,15,17)/t9-/m0/s1. The summed E-state index contributed by atoms with van der Waals surface area (Å²) in [6.07, 6.45) is -0.686. The highest BCUT2D eigenvalue weighted by Gasteiger charge is 2.27. The zero-order valence-electron chi connectivity index (χ0n) is 9.73. The Labute approximate surface area is 115 Å². The summed E-state index contributed by atoms with van der Waals surface area (Å²) in [6, 6.07) is 7.79. The second-order valence-corrected chi connectivity index (χ2v) is 4.51. The molecule has 1 amide bonds. The van der Waals surface area contributed by atoms with Crippen LogP contribution in [0.15, 0.2) is 30.3 Å². The van der Waals surface area contributed by atoms with E-state index in [1.807, 2.05) is 0 Å². The quantitative estimate of drug-likeness (QED) is 0.848. The molecule has 18 heavy (non-hydrogen) atoms. The highest BCUT2D eigenvalue weighted by Crippen LogP contribution is 2.19. The molecule has 98 valence electrons. The summed E-state index contributed by atoms with van der Waals surface area (Å²) in [6.45, 7) is 1.89. The molecule has 0 heterocycles. The Kier molecular flexibility index (Phi) is 5.95. The number of hydrogen-bond acceptors (Lipinski definition) is 3. The Hall–Kier alpha value is -1.26. The van der Waals surface area contributed by atoms with Crippen LogP contribution in [0.4, 0.5) is 4.79 Å². The van der Waals surface area contributed by atoms with E-state index in [-0.39, 0.29) is 6.61 Å². The molecule has 0 saturated carbocycles. The smallest absolute Gasteiger partial charge is 0.407 e. The van der Waals surface area contributed by atoms with Gasteiger partial charge in [0, 0.05) is 0 Å². The van der Waals surface area contributed by atoms with Gasteiger partial charge in [-0.05, 0) is 12.5 Å². The SMILES string of the molecule is CCOC(=O)N[C@H](C(=O)C(Cl)Cl)c1ccccc1. The molecule has 0 aromatic heterocycles. The van der Waals surface area contributed by atoms with Crippen molar-refractivity contribution in [2.45, 2.75) is 17.8 Å². The third kappa shape index (κ3) is 4.20. The average Bonchev–Trinajstić information content (AvgIpc) is 2.36. The van der Waals surface area contributed by atoms with Crippen molar-refractivity contribution in [1.82, 2.24) is 5.32 Å². The Morgan fingerprint density at radius 3 is 2.39 bits per heavy atom. The van der Waals surface area contributed by atoms with Gasteiger partial charge in [-0.3, -0.25) is 4.79 Å². The van der Waals surface area contributed by atoms with Crippen LogP contribution in [-0.2, 0) is 9.53 Å². The van der Waals surface area contributed by atoms with Gasteiger partial charge in [0.2, 0.25) is 0 Å². The van der Waals surface area contributed by atoms with Gasteiger partial charge in [-0.15, -0.1) is 0 Å². The van der Waals surface area contributed by atoms with E-state index >= 15 is 0 Å². The number of halogens is 2. The first-order valence-corrected chi connectivity index (χ1v) is 6.23. The minimum atomic E-state index is -1.21. The van der Waals surface area contributed by atoms with Gasteiger partial charge >= 0.3 is 6.09 Å². The Balaban J connectivity index is 2.89. The molecule has 1 N–H and O–H groups in total. The van der Waals surface area contributed by atoms with Crippen molar-refractivity contribution in [1.29, 1.82) is 0 Å². The molecule has 0 fully saturated rings. The predicted octanol–water partition coefficient (Wildman–Crippen LogP) is 2.85. The molecule has 0 aliphatic heterocycles. The van der Waals surface area contributed by atoms with E-state index in [1.165, 1.54) is 0 Å². The largest absolute Gasteiger partial charge is 0.450 e. The minimum Gasteiger partial charge on any atom is -0.450 e. The molecule has 0 radical (unpaired) electrons. The normalized spacial score (nSPS) is 12.0. The lowest BCUT2D eigenvalue weighted by Crippen LogP contribution is -2.36. The third-order valence-electron chi connectivity index (χ3n) is 2.17. The Bertz CT molecular complexity index is 409. The van der Waals surface area contributed by atoms with E-state index in [0.29, 0.717) is 5.56 Å². The minimum absolute atomic E-state index is 0.215. The molecule has 0 bridgehead atoms. The van der Waals surface area contributed by atoms with Gasteiger partial charge in [-0.25, -0.2) is 4.79 Å². The molecule has 1 rings (SSSR count). The number of Topliss-reactive ketones (excluding diaryl/α,β-unsaturated/α-hetero) is 1. The van der Waals surface area contributed by atoms with E-state index in [0.717, 1.165) is 0 Å². The number of alkyl carbamates (subject to hydrolysis) is 1. The van der Waals surface area contributed by atoms with E-state index in [1.54, 1.807) is 37.3 Å². The number of hydrogen-bond donors (Lipinski definition) is 1. The van der Waals surface area contributed by atoms with Crippen LogP contribution in [0.5, 0.6) is 0 Å². The van der Waals surface area contributed by atoms with E-state index in [4.69, 9.17) is 27.9 Å². The van der Waals surface area contributed by atoms with Crippen molar-refractivity contribution in [2.24, 2.45) is 0 Å². The molecule has 0 spiro atoms. The number of rotatable bonds is 5. The fourth-order valence-corrected chi connectivity index (χ4v) is 1.63. The van der Waals surface area contributed by atoms with Gasteiger partial charge in [0.15, 0.2) is 10.6 Å². The van der Waals surface area contributed by atoms with Crippen molar-refractivity contribution in [3.8, 4) is 0 Å². The number of benzene rings is 1. The van der Waals surface area contributed by atoms with Gasteiger partial charge in [0.25, 0.3) is 0 Å². The van der Waals surface area contributed by atoms with Crippen molar-refractivity contribution in [3.63, 3.8) is 0 Å². The second kappa shape index (κ2) is 7.24. The highest BCUT2D eigenvalue weighted by molar-refractivity contribution is 6.54. The lowest BCUT2D eigenvalue weighted by Gasteiger charge is -2.18. The summed E-state index contributed by atoms with van der Waals surface area (Å²) < 4.78 is 4.74. The van der Waals surface area contributed by atoms with Crippen LogP contribution in [0.25, 0.3) is 0 Å². The first-order valence-electron chi connectivity index (χ1n) is 5.36. The van der Waals surface area contributed by atoms with Crippen LogP contribution >= 0.6 is 23.2 Å². The maximum atomic E-state index is 11.8. The lowest BCUT2D eigenvalue weighted by molar-refractivity contribution is -0.119. The molecule has 4 nitrogen and oxygen atoms in total. The number of carbonyl (C=O) groups excluding carboxylic acids is 2. The Morgan fingerprint density at radius 2 is 1.89 bits per heavy atom. The van der Waals surface area contributed by atoms with Gasteiger partial charge in [0.05, 0.1) is 6.61 Å². The monoisotopic (exact) mass is 289 g/mol. The summed E-state index contributed by atoms with van der Waals surface area (Å²) in [5, 5.41) is 2.44. The average molecular weight is 290 g/mol. The zero-order chi connectivity index (χ0) is 13.5. The topological polar surface area (TPSA) is 55.4 Å². The second-order valence-electron chi connectivity index (χ2n) is 3.41. The molecular weight excluding hydrogens is 277 g/mol. The van der Waals surface area contributed by atoms with Crippen LogP contribution in [0.2, 0.25) is 0 Å². The molecule has 1 aromatic rings. The van der Waals surface area contributed by atoms with Crippen LogP contribution < -0.4 is 5.32 Å². The van der Waals surface area contributed by atoms with Crippen LogP contribution in [-0.4, -0.2) is 23.3 Å². The summed E-state index contributed by atoms with van der Waals surface area (Å²) in [5.41, 5.74) is 0.599. The van der Waals surface area contributed by atoms with Crippen molar-refractivity contribution >= 4 is 35.1 Å². The first kappa shape index (κ1) is 14.8. The highest BCUT2D eigenvalue weighted by atomic mass is 35.5. The van der Waals surface area contributed by atoms with Gasteiger partial charge in [0.1, 0.15) is 6.04 Å². The van der Waals surface area contributed by atoms with E-state index in [2.05, 4.69) is 5.32 Å². The van der Waals surface area contributed by atoms with Crippen LogP contribution in [0.1, 0.15) is 18.5 Å². The fraction of sp³-hybridized carbons (Fsp3) is 0.333. The van der Waals surface area contributed by atoms with E-state index < -0.39 is 22.8 Å². The first-order chi connectivity index (χ1) is 8.56. The van der Waals surface area contributed by atoms with Crippen molar-refractivity contribution in [2.75, 3.05) is 6.61 Å². The third-order valence-corrected chi connectivity index (χ3v) is 2.60. The number of nitrogens with one attached hydrogen (secondary N) is 1. The number of carbonyl (C=O) groups is 2. The number of alkyl halides is 2. The predicted molar refractivity (Wildman–Crippen MR) is 69.8 cm³/mol. The molecule has 0 unspecified atom stereocenters. The van der Waals surface area contributed by atoms with Crippen molar-refractivity contribution in [3.05, 3.63) is 35.9 Å².